The second-order valence-corrected chi connectivity index (χ2v) is 7.00. The average molecular weight is 369 g/mol. The quantitative estimate of drug-likeness (QED) is 0.662. The number of carbonyl (C=O) groups is 1. The summed E-state index contributed by atoms with van der Waals surface area (Å²) in [5.41, 5.74) is 2.39. The number of rotatable bonds is 4. The average Bonchev–Trinajstić information content (AvgIpc) is 3.23. The first-order chi connectivity index (χ1) is 12.6. The Kier molecular flexibility index (Phi) is 4.42. The van der Waals surface area contributed by atoms with Gasteiger partial charge in [-0.2, -0.15) is 4.68 Å². The summed E-state index contributed by atoms with van der Waals surface area (Å²) in [5.74, 6) is -0.265. The van der Waals surface area contributed by atoms with Crippen molar-refractivity contribution in [2.45, 2.75) is 24.5 Å². The molecule has 0 N–H and O–H groups in total. The van der Waals surface area contributed by atoms with Gasteiger partial charge in [0.15, 0.2) is 0 Å². The molecular weight excluding hydrogens is 353 g/mol. The van der Waals surface area contributed by atoms with Crippen molar-refractivity contribution in [3.63, 3.8) is 0 Å². The van der Waals surface area contributed by atoms with E-state index in [-0.39, 0.29) is 23.4 Å². The van der Waals surface area contributed by atoms with Gasteiger partial charge in [-0.25, -0.2) is 4.39 Å². The van der Waals surface area contributed by atoms with Crippen molar-refractivity contribution in [2.75, 3.05) is 10.7 Å². The summed E-state index contributed by atoms with van der Waals surface area (Å²) >= 11 is 1.20. The van der Waals surface area contributed by atoms with Crippen LogP contribution in [0.15, 0.2) is 53.7 Å². The highest BCUT2D eigenvalue weighted by Gasteiger charge is 2.30. The van der Waals surface area contributed by atoms with Gasteiger partial charge in [0.1, 0.15) is 11.5 Å². The lowest BCUT2D eigenvalue weighted by atomic mass is 10.1. The zero-order chi connectivity index (χ0) is 18.1. The molecule has 26 heavy (non-hydrogen) atoms. The number of tetrazole rings is 1. The molecule has 0 bridgehead atoms. The predicted molar refractivity (Wildman–Crippen MR) is 96.9 cm³/mol. The SMILES string of the molecule is C[C@@H]1Cc2ccccc2N1C(=O)CSc1nnnn1-c1ccccc1F. The monoisotopic (exact) mass is 369 g/mol. The fraction of sp³-hybridized carbons (Fsp3) is 0.222. The van der Waals surface area contributed by atoms with Crippen LogP contribution in [0.1, 0.15) is 12.5 Å². The van der Waals surface area contributed by atoms with Gasteiger partial charge >= 0.3 is 0 Å². The number of benzene rings is 2. The summed E-state index contributed by atoms with van der Waals surface area (Å²) in [6.07, 6.45) is 0.847. The lowest BCUT2D eigenvalue weighted by Crippen LogP contribution is -2.37. The van der Waals surface area contributed by atoms with Crippen LogP contribution in [0.4, 0.5) is 10.1 Å². The summed E-state index contributed by atoms with van der Waals surface area (Å²) in [5, 5.41) is 11.8. The molecule has 0 unspecified atom stereocenters. The van der Waals surface area contributed by atoms with Crippen molar-refractivity contribution in [1.82, 2.24) is 20.2 Å². The molecule has 1 amide bonds. The number of hydrogen-bond donors (Lipinski definition) is 0. The number of halogens is 1. The Hall–Kier alpha value is -2.74. The Labute approximate surface area is 154 Å². The van der Waals surface area contributed by atoms with E-state index in [0.717, 1.165) is 12.1 Å². The molecule has 1 atom stereocenters. The van der Waals surface area contributed by atoms with Gasteiger partial charge in [0.2, 0.25) is 11.1 Å². The van der Waals surface area contributed by atoms with E-state index in [4.69, 9.17) is 0 Å². The maximum atomic E-state index is 14.0. The van der Waals surface area contributed by atoms with Gasteiger partial charge in [-0.05, 0) is 47.5 Å². The third-order valence-electron chi connectivity index (χ3n) is 4.32. The molecule has 0 aliphatic carbocycles. The zero-order valence-electron chi connectivity index (χ0n) is 14.0. The molecule has 0 radical (unpaired) electrons. The van der Waals surface area contributed by atoms with Crippen LogP contribution >= 0.6 is 11.8 Å². The Morgan fingerprint density at radius 2 is 1.92 bits per heavy atom. The van der Waals surface area contributed by atoms with E-state index in [1.54, 1.807) is 18.2 Å². The van der Waals surface area contributed by atoms with Crippen molar-refractivity contribution >= 4 is 23.4 Å². The van der Waals surface area contributed by atoms with Gasteiger partial charge in [-0.3, -0.25) is 4.79 Å². The molecule has 0 spiro atoms. The molecule has 0 saturated carbocycles. The van der Waals surface area contributed by atoms with Crippen molar-refractivity contribution in [1.29, 1.82) is 0 Å². The van der Waals surface area contributed by atoms with Crippen LogP contribution < -0.4 is 4.90 Å². The number of fused-ring (bicyclic) bond motifs is 1. The molecule has 0 fully saturated rings. The molecule has 4 rings (SSSR count). The van der Waals surface area contributed by atoms with Crippen molar-refractivity contribution in [3.8, 4) is 5.69 Å². The third kappa shape index (κ3) is 2.96. The topological polar surface area (TPSA) is 63.9 Å². The number of para-hydroxylation sites is 2. The van der Waals surface area contributed by atoms with E-state index in [1.807, 2.05) is 36.1 Å². The smallest absolute Gasteiger partial charge is 0.237 e. The summed E-state index contributed by atoms with van der Waals surface area (Å²) < 4.78 is 15.3. The lowest BCUT2D eigenvalue weighted by molar-refractivity contribution is -0.116. The summed E-state index contributed by atoms with van der Waals surface area (Å²) in [6.45, 7) is 2.03. The molecule has 132 valence electrons. The first-order valence-electron chi connectivity index (χ1n) is 8.21. The molecule has 1 aromatic heterocycles. The Balaban J connectivity index is 1.52. The van der Waals surface area contributed by atoms with Gasteiger partial charge < -0.3 is 4.90 Å². The summed E-state index contributed by atoms with van der Waals surface area (Å²) in [6, 6.07) is 14.3. The minimum absolute atomic E-state index is 0.0180. The Morgan fingerprint density at radius 3 is 2.73 bits per heavy atom. The minimum atomic E-state index is -0.421. The zero-order valence-corrected chi connectivity index (χ0v) is 14.9. The highest BCUT2D eigenvalue weighted by molar-refractivity contribution is 7.99. The minimum Gasteiger partial charge on any atom is -0.308 e. The van der Waals surface area contributed by atoms with Gasteiger partial charge in [-0.15, -0.1) is 5.10 Å². The van der Waals surface area contributed by atoms with Gasteiger partial charge in [-0.1, -0.05) is 42.1 Å². The van der Waals surface area contributed by atoms with Crippen molar-refractivity contribution in [2.24, 2.45) is 0 Å². The molecule has 2 heterocycles. The van der Waals surface area contributed by atoms with E-state index < -0.39 is 5.82 Å². The first kappa shape index (κ1) is 16.7. The predicted octanol–water partition coefficient (Wildman–Crippen LogP) is 2.87. The first-order valence-corrected chi connectivity index (χ1v) is 9.20. The van der Waals surface area contributed by atoms with Crippen molar-refractivity contribution in [3.05, 3.63) is 59.9 Å². The lowest BCUT2D eigenvalue weighted by Gasteiger charge is -2.22. The molecule has 3 aromatic rings. The largest absolute Gasteiger partial charge is 0.308 e. The molecule has 0 saturated heterocycles. The van der Waals surface area contributed by atoms with Gasteiger partial charge in [0, 0.05) is 11.7 Å². The van der Waals surface area contributed by atoms with Crippen LogP contribution in [0.25, 0.3) is 5.69 Å². The van der Waals surface area contributed by atoms with Crippen LogP contribution in [0.3, 0.4) is 0 Å². The van der Waals surface area contributed by atoms with Crippen LogP contribution in [-0.4, -0.2) is 37.9 Å². The van der Waals surface area contributed by atoms with E-state index >= 15 is 0 Å². The van der Waals surface area contributed by atoms with E-state index in [1.165, 1.54) is 28.1 Å². The van der Waals surface area contributed by atoms with Gasteiger partial charge in [0.05, 0.1) is 5.75 Å². The maximum absolute atomic E-state index is 14.0. The van der Waals surface area contributed by atoms with Crippen molar-refractivity contribution < 1.29 is 9.18 Å². The van der Waals surface area contributed by atoms with Crippen LogP contribution in [-0.2, 0) is 11.2 Å². The fourth-order valence-corrected chi connectivity index (χ4v) is 3.93. The molecule has 8 heteroatoms. The molecule has 2 aromatic carbocycles. The third-order valence-corrected chi connectivity index (χ3v) is 5.23. The van der Waals surface area contributed by atoms with Crippen LogP contribution in [0.5, 0.6) is 0 Å². The standard InChI is InChI=1S/C18H16FN5OS/c1-12-10-13-6-2-4-8-15(13)23(12)17(25)11-26-18-20-21-22-24(18)16-9-5-3-7-14(16)19/h2-9,12H,10-11H2,1H3/t12-/m1/s1. The number of hydrogen-bond acceptors (Lipinski definition) is 5. The Morgan fingerprint density at radius 1 is 1.19 bits per heavy atom. The number of amides is 1. The van der Waals surface area contributed by atoms with E-state index in [9.17, 15) is 9.18 Å². The van der Waals surface area contributed by atoms with Crippen LogP contribution in [0, 0.1) is 5.82 Å². The number of thioether (sulfide) groups is 1. The van der Waals surface area contributed by atoms with Crippen LogP contribution in [0.2, 0.25) is 0 Å². The van der Waals surface area contributed by atoms with E-state index in [2.05, 4.69) is 15.5 Å². The molecule has 1 aliphatic rings. The summed E-state index contributed by atoms with van der Waals surface area (Å²) in [4.78, 5) is 14.6. The second kappa shape index (κ2) is 6.87. The highest BCUT2D eigenvalue weighted by atomic mass is 32.2. The molecule has 6 nitrogen and oxygen atoms in total. The maximum Gasteiger partial charge on any atom is 0.237 e. The number of nitrogens with zero attached hydrogens (tertiary/aromatic N) is 5. The number of carbonyl (C=O) groups excluding carboxylic acids is 1. The second-order valence-electron chi connectivity index (χ2n) is 6.06. The number of aromatic nitrogens is 4. The molecule has 1 aliphatic heterocycles. The Bertz CT molecular complexity index is 960. The normalized spacial score (nSPS) is 15.9. The fourth-order valence-electron chi connectivity index (χ4n) is 3.19. The van der Waals surface area contributed by atoms with E-state index in [0.29, 0.717) is 5.16 Å². The highest BCUT2D eigenvalue weighted by Crippen LogP contribution is 2.32. The van der Waals surface area contributed by atoms with Gasteiger partial charge in [0.25, 0.3) is 0 Å². The molecular formula is C18H16FN5OS. The number of anilines is 1. The summed E-state index contributed by atoms with van der Waals surface area (Å²) in [7, 11) is 0.